The van der Waals surface area contributed by atoms with Gasteiger partial charge in [0.15, 0.2) is 0 Å². The Morgan fingerprint density at radius 3 is 1.56 bits per heavy atom. The SMILES string of the molecule is O=C(NCCSCSCC/N=C\OOCCSCSCCOC(=O)NCCSCSCC/N=C/OOCCO)OCCO. The zero-order valence-corrected chi connectivity index (χ0v) is 29.0. The number of aliphatic imine (C=N–C) groups is 2. The number of rotatable bonds is 32. The molecule has 0 aliphatic heterocycles. The number of ether oxygens (including phenoxy) is 2. The van der Waals surface area contributed by atoms with Crippen LogP contribution in [0.3, 0.4) is 0 Å². The molecule has 0 aromatic carbocycles. The van der Waals surface area contributed by atoms with Gasteiger partial charge in [-0.25, -0.2) is 9.59 Å². The Hall–Kier alpha value is -0.580. The van der Waals surface area contributed by atoms with Gasteiger partial charge in [-0.15, -0.1) is 70.6 Å². The smallest absolute Gasteiger partial charge is 0.407 e. The Labute approximate surface area is 279 Å². The molecule has 0 bridgehead atoms. The van der Waals surface area contributed by atoms with Gasteiger partial charge in [-0.2, -0.15) is 9.78 Å². The Kier molecular flexibility index (Phi) is 37.1. The summed E-state index contributed by atoms with van der Waals surface area (Å²) in [5.41, 5.74) is 0. The number of hydrogen-bond donors (Lipinski definition) is 4. The first kappa shape index (κ1) is 42.4. The van der Waals surface area contributed by atoms with E-state index in [0.717, 1.165) is 49.8 Å². The van der Waals surface area contributed by atoms with Gasteiger partial charge in [0.25, 0.3) is 0 Å². The molecular weight excluding hydrogens is 685 g/mol. The quantitative estimate of drug-likeness (QED) is 0.0198. The van der Waals surface area contributed by atoms with E-state index >= 15 is 0 Å². The first-order chi connectivity index (χ1) is 21.2. The Balaban J connectivity index is 3.24. The van der Waals surface area contributed by atoms with Crippen LogP contribution in [-0.4, -0.2) is 151 Å². The van der Waals surface area contributed by atoms with Crippen LogP contribution >= 0.6 is 70.6 Å². The highest BCUT2D eigenvalue weighted by atomic mass is 32.2. The number of nitrogens with one attached hydrogen (secondary N) is 2. The first-order valence-corrected chi connectivity index (χ1v) is 20.2. The third kappa shape index (κ3) is 37.5. The normalized spacial score (nSPS) is 11.2. The molecule has 0 heterocycles. The molecule has 0 aromatic rings. The van der Waals surface area contributed by atoms with E-state index in [2.05, 4.69) is 35.1 Å². The topological polar surface area (TPSA) is 179 Å². The minimum atomic E-state index is -0.510. The van der Waals surface area contributed by atoms with Crippen molar-refractivity contribution in [1.82, 2.24) is 10.6 Å². The zero-order chi connectivity index (χ0) is 31.3. The number of thioether (sulfide) groups is 6. The molecule has 0 aromatic heterocycles. The van der Waals surface area contributed by atoms with Crippen LogP contribution in [0.1, 0.15) is 0 Å². The standard InChI is InChI=1S/C23H44N4O10S6/c28-5-7-32-22(30)26-3-13-40-19-39-12-2-25-18-37-35-10-16-43-21-42-15-9-33-23(31)27-4-14-41-20-38-11-1-24-17-36-34-8-6-29/h17-18,28-29H,1-16,19-21H2,(H,26,30)(H,27,31)/b24-17+,25-18-. The lowest BCUT2D eigenvalue weighted by molar-refractivity contribution is -0.221. The molecule has 43 heavy (non-hydrogen) atoms. The van der Waals surface area contributed by atoms with Gasteiger partial charge in [-0.3, -0.25) is 9.98 Å². The molecule has 2 amide bonds. The highest BCUT2D eigenvalue weighted by molar-refractivity contribution is 8.16. The molecule has 252 valence electrons. The van der Waals surface area contributed by atoms with Gasteiger partial charge in [0.2, 0.25) is 12.8 Å². The van der Waals surface area contributed by atoms with Crippen LogP contribution in [-0.2, 0) is 29.0 Å². The van der Waals surface area contributed by atoms with Crippen LogP contribution in [0.15, 0.2) is 9.98 Å². The first-order valence-electron chi connectivity index (χ1n) is 13.2. The average molecular weight is 729 g/mol. The van der Waals surface area contributed by atoms with Crippen molar-refractivity contribution in [3.63, 3.8) is 0 Å². The van der Waals surface area contributed by atoms with Crippen LogP contribution in [0.5, 0.6) is 0 Å². The van der Waals surface area contributed by atoms with Gasteiger partial charge in [0.1, 0.15) is 26.4 Å². The third-order valence-electron chi connectivity index (χ3n) is 3.90. The maximum atomic E-state index is 11.7. The molecule has 4 N–H and O–H groups in total. The summed E-state index contributed by atoms with van der Waals surface area (Å²) in [7, 11) is 0. The van der Waals surface area contributed by atoms with Crippen LogP contribution in [0.2, 0.25) is 0 Å². The maximum Gasteiger partial charge on any atom is 0.407 e. The van der Waals surface area contributed by atoms with Crippen LogP contribution in [0.25, 0.3) is 0 Å². The number of carbonyl (C=O) groups is 2. The number of amides is 2. The van der Waals surface area contributed by atoms with Gasteiger partial charge in [0, 0.05) is 62.9 Å². The van der Waals surface area contributed by atoms with Crippen molar-refractivity contribution in [3.05, 3.63) is 0 Å². The summed E-state index contributed by atoms with van der Waals surface area (Å²) in [6.07, 6.45) is 1.63. The third-order valence-corrected chi connectivity index (χ3v) is 10.7. The number of carbonyl (C=O) groups excluding carboxylic acids is 2. The summed E-state index contributed by atoms with van der Waals surface area (Å²) >= 11 is 10.3. The lowest BCUT2D eigenvalue weighted by atomic mass is 10.7. The number of nitrogens with zero attached hydrogens (tertiary/aromatic N) is 2. The Morgan fingerprint density at radius 1 is 0.581 bits per heavy atom. The van der Waals surface area contributed by atoms with Crippen molar-refractivity contribution in [2.75, 3.05) is 116 Å². The monoisotopic (exact) mass is 728 g/mol. The summed E-state index contributed by atoms with van der Waals surface area (Å²) in [6, 6.07) is 0. The molecule has 0 aliphatic carbocycles. The summed E-state index contributed by atoms with van der Waals surface area (Å²) in [4.78, 5) is 50.2. The molecule has 0 radical (unpaired) electrons. The summed E-state index contributed by atoms with van der Waals surface area (Å²) in [5, 5.41) is 25.1. The van der Waals surface area contributed by atoms with E-state index in [0.29, 0.717) is 39.4 Å². The van der Waals surface area contributed by atoms with E-state index in [1.165, 1.54) is 12.8 Å². The molecule has 0 atom stereocenters. The van der Waals surface area contributed by atoms with Crippen molar-refractivity contribution in [2.45, 2.75) is 0 Å². The van der Waals surface area contributed by atoms with Gasteiger partial charge in [-0.05, 0) is 0 Å². The van der Waals surface area contributed by atoms with Crippen molar-refractivity contribution in [1.29, 1.82) is 0 Å². The van der Waals surface area contributed by atoms with Crippen molar-refractivity contribution in [3.8, 4) is 0 Å². The maximum absolute atomic E-state index is 11.7. The summed E-state index contributed by atoms with van der Waals surface area (Å²) in [5.74, 6) is 4.80. The van der Waals surface area contributed by atoms with Gasteiger partial charge >= 0.3 is 12.2 Å². The molecule has 0 fully saturated rings. The van der Waals surface area contributed by atoms with Crippen LogP contribution in [0, 0.1) is 0 Å². The number of aliphatic hydroxyl groups excluding tert-OH is 2. The molecule has 0 saturated heterocycles. The highest BCUT2D eigenvalue weighted by Gasteiger charge is 2.02. The van der Waals surface area contributed by atoms with E-state index < -0.39 is 12.2 Å². The van der Waals surface area contributed by atoms with Crippen molar-refractivity contribution in [2.24, 2.45) is 9.98 Å². The molecule has 14 nitrogen and oxygen atoms in total. The van der Waals surface area contributed by atoms with Crippen LogP contribution < -0.4 is 10.6 Å². The molecular formula is C23H44N4O10S6. The highest BCUT2D eigenvalue weighted by Crippen LogP contribution is 2.13. The molecule has 0 spiro atoms. The van der Waals surface area contributed by atoms with E-state index in [9.17, 15) is 9.59 Å². The average Bonchev–Trinajstić information content (AvgIpc) is 3.01. The molecule has 20 heteroatoms. The van der Waals surface area contributed by atoms with E-state index in [1.54, 1.807) is 70.6 Å². The fourth-order valence-corrected chi connectivity index (χ4v) is 7.69. The summed E-state index contributed by atoms with van der Waals surface area (Å²) < 4.78 is 9.85. The second-order valence-electron chi connectivity index (χ2n) is 7.24. The Bertz CT molecular complexity index is 693. The van der Waals surface area contributed by atoms with Crippen LogP contribution in [0.4, 0.5) is 9.59 Å². The van der Waals surface area contributed by atoms with Gasteiger partial charge in [0.05, 0.1) is 26.3 Å². The second-order valence-corrected chi connectivity index (χ2v) is 15.0. The fourth-order valence-electron chi connectivity index (χ4n) is 2.10. The molecule has 0 saturated carbocycles. The second kappa shape index (κ2) is 37.6. The molecule has 0 unspecified atom stereocenters. The minimum absolute atomic E-state index is 0.00677. The summed E-state index contributed by atoms with van der Waals surface area (Å²) in [6.45, 7) is 2.98. The lowest BCUT2D eigenvalue weighted by Crippen LogP contribution is -2.27. The largest absolute Gasteiger partial charge is 0.449 e. The molecule has 0 rings (SSSR count). The van der Waals surface area contributed by atoms with E-state index in [1.807, 2.05) is 0 Å². The minimum Gasteiger partial charge on any atom is -0.449 e. The zero-order valence-electron chi connectivity index (χ0n) is 24.1. The van der Waals surface area contributed by atoms with Gasteiger partial charge < -0.3 is 40.1 Å². The predicted octanol–water partition coefficient (Wildman–Crippen LogP) is 2.65. The number of alkyl carbamates (subject to hydrolysis) is 2. The van der Waals surface area contributed by atoms with E-state index in [4.69, 9.17) is 24.7 Å². The van der Waals surface area contributed by atoms with Gasteiger partial charge in [-0.1, -0.05) is 0 Å². The predicted molar refractivity (Wildman–Crippen MR) is 183 cm³/mol. The number of hydrogen-bond acceptors (Lipinski definition) is 18. The molecule has 0 aliphatic rings. The van der Waals surface area contributed by atoms with Crippen molar-refractivity contribution < 1.29 is 48.8 Å². The number of aliphatic hydroxyl groups is 2. The van der Waals surface area contributed by atoms with E-state index in [-0.39, 0.29) is 26.4 Å². The fraction of sp³-hybridized carbons (Fsp3) is 0.826. The Morgan fingerprint density at radius 2 is 1.02 bits per heavy atom. The van der Waals surface area contributed by atoms with Crippen molar-refractivity contribution >= 4 is 95.6 Å². The lowest BCUT2D eigenvalue weighted by Gasteiger charge is -2.07.